The Bertz CT molecular complexity index is 733. The third kappa shape index (κ3) is 4.38. The zero-order valence-electron chi connectivity index (χ0n) is 17.1. The van der Waals surface area contributed by atoms with Gasteiger partial charge in [0.2, 0.25) is 0 Å². The molecular weight excluding hydrogens is 356 g/mol. The van der Waals surface area contributed by atoms with E-state index in [0.29, 0.717) is 44.1 Å². The van der Waals surface area contributed by atoms with Gasteiger partial charge in [-0.15, -0.1) is 0 Å². The van der Waals surface area contributed by atoms with Crippen LogP contribution in [0.3, 0.4) is 0 Å². The van der Waals surface area contributed by atoms with Crippen molar-refractivity contribution in [2.75, 3.05) is 32.8 Å². The first kappa shape index (κ1) is 20.4. The van der Waals surface area contributed by atoms with Crippen molar-refractivity contribution in [1.82, 2.24) is 9.80 Å². The molecule has 152 valence electrons. The third-order valence-corrected chi connectivity index (χ3v) is 4.97. The molecule has 0 unspecified atom stereocenters. The average Bonchev–Trinajstić information content (AvgIpc) is 2.93. The molecule has 2 amide bonds. The Balaban J connectivity index is 1.92. The number of nitrogens with zero attached hydrogens (tertiary/aromatic N) is 2. The van der Waals surface area contributed by atoms with Crippen LogP contribution in [0.25, 0.3) is 5.57 Å². The van der Waals surface area contributed by atoms with Crippen LogP contribution in [0.5, 0.6) is 5.75 Å². The fraction of sp³-hybridized carbons (Fsp3) is 0.545. The average molecular weight is 386 g/mol. The van der Waals surface area contributed by atoms with Crippen molar-refractivity contribution in [3.63, 3.8) is 0 Å². The summed E-state index contributed by atoms with van der Waals surface area (Å²) in [5, 5.41) is 0. The number of hydrogen-bond acceptors (Lipinski definition) is 5. The molecule has 0 N–H and O–H groups in total. The molecule has 0 aliphatic carbocycles. The van der Waals surface area contributed by atoms with E-state index in [9.17, 15) is 9.59 Å². The minimum absolute atomic E-state index is 0.0812. The lowest BCUT2D eigenvalue weighted by Gasteiger charge is -2.29. The minimum atomic E-state index is -0.194. The largest absolute Gasteiger partial charge is 0.491 e. The number of unbranched alkanes of at least 4 members (excludes halogenated alkanes) is 2. The summed E-state index contributed by atoms with van der Waals surface area (Å²) in [5.41, 5.74) is 1.77. The lowest BCUT2D eigenvalue weighted by Crippen LogP contribution is -2.40. The Morgan fingerprint density at radius 1 is 1.04 bits per heavy atom. The van der Waals surface area contributed by atoms with E-state index in [-0.39, 0.29) is 17.9 Å². The van der Waals surface area contributed by atoms with E-state index in [2.05, 4.69) is 6.92 Å². The summed E-state index contributed by atoms with van der Waals surface area (Å²) < 4.78 is 11.1. The van der Waals surface area contributed by atoms with Crippen molar-refractivity contribution in [3.8, 4) is 5.75 Å². The van der Waals surface area contributed by atoms with E-state index in [0.717, 1.165) is 30.6 Å². The molecule has 2 aliphatic heterocycles. The standard InChI is InChI=1S/C22H30N2O4/c1-4-5-6-11-24-21(25)19(17-7-9-18(10-8-17)28-16(2)3)20(22(24)26)23-12-14-27-15-13-23/h7-10,16H,4-6,11-15H2,1-3H3. The monoisotopic (exact) mass is 386 g/mol. The van der Waals surface area contributed by atoms with Gasteiger partial charge >= 0.3 is 0 Å². The summed E-state index contributed by atoms with van der Waals surface area (Å²) in [7, 11) is 0. The van der Waals surface area contributed by atoms with Gasteiger partial charge in [0.05, 0.1) is 24.9 Å². The van der Waals surface area contributed by atoms with Crippen molar-refractivity contribution in [1.29, 1.82) is 0 Å². The molecule has 1 aromatic carbocycles. The zero-order valence-corrected chi connectivity index (χ0v) is 17.1. The van der Waals surface area contributed by atoms with Gasteiger partial charge in [0.25, 0.3) is 11.8 Å². The number of morpholine rings is 1. The minimum Gasteiger partial charge on any atom is -0.491 e. The summed E-state index contributed by atoms with van der Waals surface area (Å²) >= 11 is 0. The summed E-state index contributed by atoms with van der Waals surface area (Å²) in [6.07, 6.45) is 2.96. The second kappa shape index (κ2) is 9.24. The maximum absolute atomic E-state index is 13.2. The van der Waals surface area contributed by atoms with Crippen LogP contribution in [0.15, 0.2) is 30.0 Å². The number of carbonyl (C=O) groups is 2. The van der Waals surface area contributed by atoms with E-state index in [4.69, 9.17) is 9.47 Å². The third-order valence-electron chi connectivity index (χ3n) is 4.97. The van der Waals surface area contributed by atoms with Crippen LogP contribution in [0.4, 0.5) is 0 Å². The Morgan fingerprint density at radius 2 is 1.71 bits per heavy atom. The molecular formula is C22H30N2O4. The molecule has 2 heterocycles. The highest BCUT2D eigenvalue weighted by molar-refractivity contribution is 6.35. The summed E-state index contributed by atoms with van der Waals surface area (Å²) in [5.74, 6) is 0.379. The number of ether oxygens (including phenoxy) is 2. The first-order valence-corrected chi connectivity index (χ1v) is 10.2. The number of imide groups is 1. The van der Waals surface area contributed by atoms with Crippen molar-refractivity contribution in [2.24, 2.45) is 0 Å². The topological polar surface area (TPSA) is 59.1 Å². The summed E-state index contributed by atoms with van der Waals surface area (Å²) in [6, 6.07) is 7.45. The Hall–Kier alpha value is -2.34. The normalized spacial score (nSPS) is 17.9. The van der Waals surface area contributed by atoms with Gasteiger partial charge in [-0.2, -0.15) is 0 Å². The van der Waals surface area contributed by atoms with Gasteiger partial charge in [-0.25, -0.2) is 0 Å². The van der Waals surface area contributed by atoms with Gasteiger partial charge in [0.15, 0.2) is 0 Å². The fourth-order valence-corrected chi connectivity index (χ4v) is 3.60. The molecule has 28 heavy (non-hydrogen) atoms. The van der Waals surface area contributed by atoms with E-state index in [1.807, 2.05) is 43.0 Å². The highest BCUT2D eigenvalue weighted by atomic mass is 16.5. The maximum atomic E-state index is 13.2. The number of amides is 2. The van der Waals surface area contributed by atoms with Crippen molar-refractivity contribution in [2.45, 2.75) is 46.1 Å². The molecule has 1 aromatic rings. The van der Waals surface area contributed by atoms with Crippen LogP contribution in [0.1, 0.15) is 45.6 Å². The fourth-order valence-electron chi connectivity index (χ4n) is 3.60. The smallest absolute Gasteiger partial charge is 0.277 e. The Labute approximate surface area is 167 Å². The van der Waals surface area contributed by atoms with Crippen molar-refractivity contribution >= 4 is 17.4 Å². The molecule has 1 saturated heterocycles. The van der Waals surface area contributed by atoms with Crippen LogP contribution < -0.4 is 4.74 Å². The van der Waals surface area contributed by atoms with Gasteiger partial charge in [-0.3, -0.25) is 14.5 Å². The van der Waals surface area contributed by atoms with E-state index in [1.54, 1.807) is 0 Å². The molecule has 0 atom stereocenters. The van der Waals surface area contributed by atoms with Gasteiger partial charge in [0, 0.05) is 19.6 Å². The number of rotatable bonds is 8. The van der Waals surface area contributed by atoms with Gasteiger partial charge in [-0.1, -0.05) is 31.9 Å². The highest BCUT2D eigenvalue weighted by Gasteiger charge is 2.41. The van der Waals surface area contributed by atoms with Crippen LogP contribution in [-0.2, 0) is 14.3 Å². The SMILES string of the molecule is CCCCCN1C(=O)C(c2ccc(OC(C)C)cc2)=C(N2CCOCC2)C1=O. The molecule has 0 saturated carbocycles. The first-order valence-electron chi connectivity index (χ1n) is 10.2. The molecule has 0 bridgehead atoms. The van der Waals surface area contributed by atoms with Crippen molar-refractivity contribution < 1.29 is 19.1 Å². The Kier molecular flexibility index (Phi) is 6.73. The first-order chi connectivity index (χ1) is 13.5. The molecule has 6 nitrogen and oxygen atoms in total. The molecule has 0 radical (unpaired) electrons. The molecule has 0 spiro atoms. The van der Waals surface area contributed by atoms with Crippen molar-refractivity contribution in [3.05, 3.63) is 35.5 Å². The predicted octanol–water partition coefficient (Wildman–Crippen LogP) is 3.08. The maximum Gasteiger partial charge on any atom is 0.277 e. The summed E-state index contributed by atoms with van der Waals surface area (Å²) in [6.45, 7) is 8.89. The lowest BCUT2D eigenvalue weighted by molar-refractivity contribution is -0.137. The van der Waals surface area contributed by atoms with E-state index in [1.165, 1.54) is 4.90 Å². The second-order valence-electron chi connectivity index (χ2n) is 7.48. The highest BCUT2D eigenvalue weighted by Crippen LogP contribution is 2.33. The molecule has 2 aliphatic rings. The number of benzene rings is 1. The van der Waals surface area contributed by atoms with E-state index < -0.39 is 0 Å². The molecule has 3 rings (SSSR count). The molecule has 1 fully saturated rings. The van der Waals surface area contributed by atoms with Gasteiger partial charge < -0.3 is 14.4 Å². The number of carbonyl (C=O) groups excluding carboxylic acids is 2. The van der Waals surface area contributed by atoms with Gasteiger partial charge in [-0.05, 0) is 38.0 Å². The predicted molar refractivity (Wildman–Crippen MR) is 108 cm³/mol. The van der Waals surface area contributed by atoms with Crippen LogP contribution in [0.2, 0.25) is 0 Å². The number of hydrogen-bond donors (Lipinski definition) is 0. The van der Waals surface area contributed by atoms with Crippen LogP contribution >= 0.6 is 0 Å². The second-order valence-corrected chi connectivity index (χ2v) is 7.48. The van der Waals surface area contributed by atoms with Crippen LogP contribution in [0, 0.1) is 0 Å². The molecule has 6 heteroatoms. The zero-order chi connectivity index (χ0) is 20.1. The molecule has 0 aromatic heterocycles. The van der Waals surface area contributed by atoms with E-state index >= 15 is 0 Å². The quantitative estimate of drug-likeness (QED) is 0.508. The lowest BCUT2D eigenvalue weighted by atomic mass is 10.0. The van der Waals surface area contributed by atoms with Gasteiger partial charge in [0.1, 0.15) is 11.4 Å². The summed E-state index contributed by atoms with van der Waals surface area (Å²) in [4.78, 5) is 29.7. The Morgan fingerprint density at radius 3 is 2.32 bits per heavy atom. The van der Waals surface area contributed by atoms with Crippen LogP contribution in [-0.4, -0.2) is 60.6 Å².